The summed E-state index contributed by atoms with van der Waals surface area (Å²) in [7, 11) is 2.22. The van der Waals surface area contributed by atoms with Crippen molar-refractivity contribution >= 4 is 22.9 Å². The van der Waals surface area contributed by atoms with Crippen LogP contribution >= 0.6 is 0 Å². The number of likely N-dealkylation sites (tertiary alicyclic amines) is 1. The Morgan fingerprint density at radius 2 is 1.78 bits per heavy atom. The maximum Gasteiger partial charge on any atom is 0.222 e. The molecule has 2 aromatic rings. The van der Waals surface area contributed by atoms with Gasteiger partial charge in [0, 0.05) is 38.2 Å². The van der Waals surface area contributed by atoms with Crippen LogP contribution in [-0.4, -0.2) is 48.1 Å². The molecule has 0 saturated carbocycles. The molecule has 0 aromatic carbocycles. The minimum Gasteiger partial charge on any atom is -0.455 e. The van der Waals surface area contributed by atoms with Crippen LogP contribution in [0.1, 0.15) is 38.5 Å². The quantitative estimate of drug-likeness (QED) is 0.833. The van der Waals surface area contributed by atoms with E-state index in [1.54, 1.807) is 0 Å². The number of hydrogen-bond acceptors (Lipinski definition) is 6. The smallest absolute Gasteiger partial charge is 0.222 e. The summed E-state index contributed by atoms with van der Waals surface area (Å²) in [4.78, 5) is 14.1. The first-order chi connectivity index (χ1) is 12.8. The number of furan rings is 1. The van der Waals surface area contributed by atoms with Crippen LogP contribution in [0.25, 0.3) is 11.1 Å². The minimum atomic E-state index is 0.293. The molecule has 3 atom stereocenters. The molecule has 5 rings (SSSR count). The van der Waals surface area contributed by atoms with Crippen LogP contribution in [0.2, 0.25) is 0 Å². The fourth-order valence-electron chi connectivity index (χ4n) is 5.49. The van der Waals surface area contributed by atoms with Gasteiger partial charge in [0.05, 0.1) is 0 Å². The minimum absolute atomic E-state index is 0.293. The van der Waals surface area contributed by atoms with Crippen molar-refractivity contribution in [2.24, 2.45) is 23.2 Å². The van der Waals surface area contributed by atoms with Crippen molar-refractivity contribution in [3.8, 4) is 0 Å². The molecule has 4 heterocycles. The van der Waals surface area contributed by atoms with Gasteiger partial charge in [-0.1, -0.05) is 20.8 Å². The second-order valence-corrected chi connectivity index (χ2v) is 10.0. The molecule has 2 saturated heterocycles. The number of nitrogen functional groups attached to an aromatic ring is 1. The van der Waals surface area contributed by atoms with Gasteiger partial charge in [0.1, 0.15) is 11.3 Å². The fraction of sp³-hybridized carbons (Fsp3) is 0.714. The van der Waals surface area contributed by atoms with E-state index in [1.807, 2.05) is 0 Å². The number of nitrogens with two attached hydrogens (primary N) is 1. The largest absolute Gasteiger partial charge is 0.455 e. The third kappa shape index (κ3) is 2.80. The Morgan fingerprint density at radius 3 is 2.44 bits per heavy atom. The molecule has 0 radical (unpaired) electrons. The topological polar surface area (TPSA) is 71.4 Å². The summed E-state index contributed by atoms with van der Waals surface area (Å²) in [5.74, 6) is 4.47. The van der Waals surface area contributed by atoms with E-state index in [-0.39, 0.29) is 0 Å². The first kappa shape index (κ1) is 17.3. The molecule has 1 aliphatic carbocycles. The summed E-state index contributed by atoms with van der Waals surface area (Å²) in [5, 5.41) is 0. The zero-order valence-corrected chi connectivity index (χ0v) is 17.0. The van der Waals surface area contributed by atoms with E-state index in [1.165, 1.54) is 25.1 Å². The molecule has 3 aliphatic rings. The van der Waals surface area contributed by atoms with Crippen LogP contribution in [0, 0.1) is 23.2 Å². The van der Waals surface area contributed by atoms with Crippen molar-refractivity contribution in [2.45, 2.75) is 40.0 Å². The number of nitrogens with zero attached hydrogens (tertiary/aromatic N) is 4. The van der Waals surface area contributed by atoms with Gasteiger partial charge in [0.25, 0.3) is 0 Å². The normalized spacial score (nSPS) is 28.7. The SMILES string of the molecule is CN1C[C@@H]2CN(c3nc(N)nc4c5c(oc34)CCC(C(C)(C)C)C5)C[C@@H]2C1. The van der Waals surface area contributed by atoms with Gasteiger partial charge in [-0.15, -0.1) is 0 Å². The number of hydrogen-bond donors (Lipinski definition) is 1. The highest BCUT2D eigenvalue weighted by atomic mass is 16.3. The number of aryl methyl sites for hydroxylation is 1. The second kappa shape index (κ2) is 5.84. The Bertz CT molecular complexity index is 869. The fourth-order valence-corrected chi connectivity index (χ4v) is 5.49. The summed E-state index contributed by atoms with van der Waals surface area (Å²) in [6.07, 6.45) is 3.19. The molecule has 2 fully saturated rings. The molecule has 27 heavy (non-hydrogen) atoms. The van der Waals surface area contributed by atoms with Gasteiger partial charge in [0.15, 0.2) is 11.4 Å². The average molecular weight is 370 g/mol. The highest BCUT2D eigenvalue weighted by Gasteiger charge is 2.41. The van der Waals surface area contributed by atoms with Gasteiger partial charge >= 0.3 is 0 Å². The van der Waals surface area contributed by atoms with Gasteiger partial charge in [-0.3, -0.25) is 0 Å². The first-order valence-electron chi connectivity index (χ1n) is 10.3. The predicted molar refractivity (Wildman–Crippen MR) is 108 cm³/mol. The van der Waals surface area contributed by atoms with Crippen molar-refractivity contribution < 1.29 is 4.42 Å². The number of rotatable bonds is 1. The summed E-state index contributed by atoms with van der Waals surface area (Å²) in [5.41, 5.74) is 9.52. The number of aromatic nitrogens is 2. The molecule has 146 valence electrons. The van der Waals surface area contributed by atoms with Crippen LogP contribution in [0.5, 0.6) is 0 Å². The van der Waals surface area contributed by atoms with Gasteiger partial charge in [-0.05, 0) is 43.1 Å². The molecule has 0 bridgehead atoms. The number of fused-ring (bicyclic) bond motifs is 4. The molecule has 2 N–H and O–H groups in total. The van der Waals surface area contributed by atoms with Gasteiger partial charge in [0.2, 0.25) is 5.95 Å². The molecule has 1 unspecified atom stereocenters. The average Bonchev–Trinajstić information content (AvgIpc) is 3.23. The van der Waals surface area contributed by atoms with E-state index in [9.17, 15) is 0 Å². The van der Waals surface area contributed by atoms with E-state index < -0.39 is 0 Å². The Kier molecular flexibility index (Phi) is 3.74. The first-order valence-corrected chi connectivity index (χ1v) is 10.3. The second-order valence-electron chi connectivity index (χ2n) is 10.0. The van der Waals surface area contributed by atoms with E-state index in [0.29, 0.717) is 17.3 Å². The lowest BCUT2D eigenvalue weighted by Gasteiger charge is -2.33. The molecule has 0 amide bonds. The lowest BCUT2D eigenvalue weighted by Crippen LogP contribution is -2.27. The van der Waals surface area contributed by atoms with Crippen LogP contribution < -0.4 is 10.6 Å². The molecular weight excluding hydrogens is 338 g/mol. The third-order valence-corrected chi connectivity index (χ3v) is 7.08. The van der Waals surface area contributed by atoms with Crippen molar-refractivity contribution in [3.05, 3.63) is 11.3 Å². The lowest BCUT2D eigenvalue weighted by atomic mass is 9.72. The highest BCUT2D eigenvalue weighted by molar-refractivity contribution is 5.89. The van der Waals surface area contributed by atoms with E-state index in [2.05, 4.69) is 47.6 Å². The monoisotopic (exact) mass is 369 g/mol. The maximum absolute atomic E-state index is 6.36. The van der Waals surface area contributed by atoms with Gasteiger partial charge in [-0.2, -0.15) is 4.98 Å². The molecule has 6 heteroatoms. The predicted octanol–water partition coefficient (Wildman–Crippen LogP) is 2.95. The third-order valence-electron chi connectivity index (χ3n) is 7.08. The Morgan fingerprint density at radius 1 is 1.07 bits per heavy atom. The molecular formula is C21H31N5O. The summed E-state index contributed by atoms with van der Waals surface area (Å²) < 4.78 is 6.36. The summed E-state index contributed by atoms with van der Waals surface area (Å²) in [6, 6.07) is 0. The van der Waals surface area contributed by atoms with Crippen molar-refractivity contribution in [1.82, 2.24) is 14.9 Å². The van der Waals surface area contributed by atoms with Crippen LogP contribution in [0.4, 0.5) is 11.8 Å². The van der Waals surface area contributed by atoms with Crippen LogP contribution in [0.3, 0.4) is 0 Å². The molecule has 6 nitrogen and oxygen atoms in total. The molecule has 2 aliphatic heterocycles. The zero-order chi connectivity index (χ0) is 18.9. The highest BCUT2D eigenvalue weighted by Crippen LogP contribution is 2.43. The number of anilines is 2. The molecule has 2 aromatic heterocycles. The lowest BCUT2D eigenvalue weighted by molar-refractivity contribution is 0.210. The summed E-state index contributed by atoms with van der Waals surface area (Å²) >= 11 is 0. The van der Waals surface area contributed by atoms with Crippen molar-refractivity contribution in [2.75, 3.05) is 43.9 Å². The van der Waals surface area contributed by atoms with E-state index in [0.717, 1.165) is 60.4 Å². The van der Waals surface area contributed by atoms with Crippen molar-refractivity contribution in [1.29, 1.82) is 0 Å². The van der Waals surface area contributed by atoms with E-state index in [4.69, 9.17) is 10.2 Å². The summed E-state index contributed by atoms with van der Waals surface area (Å²) in [6.45, 7) is 11.4. The zero-order valence-electron chi connectivity index (χ0n) is 17.0. The maximum atomic E-state index is 6.36. The van der Waals surface area contributed by atoms with Crippen molar-refractivity contribution in [3.63, 3.8) is 0 Å². The molecule has 0 spiro atoms. The Labute approximate surface area is 161 Å². The Balaban J connectivity index is 1.53. The van der Waals surface area contributed by atoms with Crippen LogP contribution in [0.15, 0.2) is 4.42 Å². The van der Waals surface area contributed by atoms with E-state index >= 15 is 0 Å². The Hall–Kier alpha value is -1.82. The van der Waals surface area contributed by atoms with Gasteiger partial charge in [-0.25, -0.2) is 4.98 Å². The van der Waals surface area contributed by atoms with Gasteiger partial charge < -0.3 is 20.0 Å². The standard InChI is InChI=1S/C21H31N5O/c1-21(2,3)14-5-6-16-15(7-14)17-18(27-16)19(24-20(22)23-17)26-10-12-8-25(4)9-13(12)11-26/h12-14H,5-11H2,1-4H3,(H2,22,23,24)/t12-,13+,14?. The van der Waals surface area contributed by atoms with Crippen LogP contribution in [-0.2, 0) is 12.8 Å².